The van der Waals surface area contributed by atoms with E-state index in [1.54, 1.807) is 12.1 Å². The number of aliphatic carboxylic acids is 1. The van der Waals surface area contributed by atoms with Gasteiger partial charge in [0.1, 0.15) is 5.75 Å². The molecular formula is C12H17NO3. The van der Waals surface area contributed by atoms with Gasteiger partial charge >= 0.3 is 5.97 Å². The van der Waals surface area contributed by atoms with E-state index in [4.69, 9.17) is 15.6 Å². The van der Waals surface area contributed by atoms with Crippen LogP contribution in [0, 0.1) is 0 Å². The molecule has 1 aromatic rings. The van der Waals surface area contributed by atoms with E-state index in [0.29, 0.717) is 24.5 Å². The number of carboxylic acids is 1. The average Bonchev–Trinajstić information content (AvgIpc) is 2.25. The van der Waals surface area contributed by atoms with Gasteiger partial charge in [-0.1, -0.05) is 13.0 Å². The number of anilines is 1. The van der Waals surface area contributed by atoms with Crippen LogP contribution < -0.4 is 10.5 Å². The Balaban J connectivity index is 2.63. The molecule has 0 radical (unpaired) electrons. The molecule has 0 aliphatic carbocycles. The molecule has 0 aliphatic rings. The maximum Gasteiger partial charge on any atom is 0.303 e. The molecule has 0 spiro atoms. The van der Waals surface area contributed by atoms with Crippen molar-refractivity contribution in [3.8, 4) is 5.75 Å². The summed E-state index contributed by atoms with van der Waals surface area (Å²) in [5, 5.41) is 8.56. The quantitative estimate of drug-likeness (QED) is 0.724. The van der Waals surface area contributed by atoms with Crippen LogP contribution in [0.15, 0.2) is 18.2 Å². The van der Waals surface area contributed by atoms with E-state index in [9.17, 15) is 4.79 Å². The number of carboxylic acid groups (broad SMARTS) is 1. The van der Waals surface area contributed by atoms with Crippen LogP contribution in [0.4, 0.5) is 5.69 Å². The molecule has 0 bridgehead atoms. The lowest BCUT2D eigenvalue weighted by Gasteiger charge is -2.09. The summed E-state index contributed by atoms with van der Waals surface area (Å²) in [6.45, 7) is 2.66. The van der Waals surface area contributed by atoms with Crippen LogP contribution in [0.3, 0.4) is 0 Å². The molecule has 4 nitrogen and oxygen atoms in total. The summed E-state index contributed by atoms with van der Waals surface area (Å²) in [5.41, 5.74) is 7.28. The lowest BCUT2D eigenvalue weighted by Crippen LogP contribution is -2.01. The number of ether oxygens (including phenoxy) is 1. The van der Waals surface area contributed by atoms with Crippen LogP contribution in [0.5, 0.6) is 5.75 Å². The standard InChI is InChI=1S/C12H17NO3/c1-2-7-16-11-5-3-9(8-10(11)13)4-6-12(14)15/h3,5,8H,2,4,6-7,13H2,1H3,(H,14,15). The summed E-state index contributed by atoms with van der Waals surface area (Å²) < 4.78 is 5.43. The Morgan fingerprint density at radius 2 is 2.25 bits per heavy atom. The smallest absolute Gasteiger partial charge is 0.303 e. The number of hydrogen-bond donors (Lipinski definition) is 2. The van der Waals surface area contributed by atoms with Gasteiger partial charge in [-0.25, -0.2) is 0 Å². The van der Waals surface area contributed by atoms with Crippen molar-refractivity contribution in [2.75, 3.05) is 12.3 Å². The molecule has 0 fully saturated rings. The molecule has 3 N–H and O–H groups in total. The van der Waals surface area contributed by atoms with Crippen molar-refractivity contribution >= 4 is 11.7 Å². The zero-order valence-corrected chi connectivity index (χ0v) is 9.40. The lowest BCUT2D eigenvalue weighted by atomic mass is 10.1. The van der Waals surface area contributed by atoms with Crippen LogP contribution in [0.1, 0.15) is 25.3 Å². The molecule has 0 aromatic heterocycles. The van der Waals surface area contributed by atoms with Crippen LogP contribution in [0.2, 0.25) is 0 Å². The number of rotatable bonds is 6. The number of aryl methyl sites for hydroxylation is 1. The maximum absolute atomic E-state index is 10.4. The van der Waals surface area contributed by atoms with E-state index in [1.807, 2.05) is 13.0 Å². The Bertz CT molecular complexity index is 363. The third-order valence-electron chi connectivity index (χ3n) is 2.16. The van der Waals surface area contributed by atoms with E-state index in [-0.39, 0.29) is 6.42 Å². The SMILES string of the molecule is CCCOc1ccc(CCC(=O)O)cc1N. The number of benzene rings is 1. The van der Waals surface area contributed by atoms with Gasteiger partial charge in [-0.15, -0.1) is 0 Å². The average molecular weight is 223 g/mol. The first-order valence-electron chi connectivity index (χ1n) is 5.36. The molecule has 0 aliphatic heterocycles. The van der Waals surface area contributed by atoms with E-state index < -0.39 is 5.97 Å². The normalized spacial score (nSPS) is 10.1. The molecule has 0 unspecified atom stereocenters. The fourth-order valence-electron chi connectivity index (χ4n) is 1.35. The first-order chi connectivity index (χ1) is 7.63. The topological polar surface area (TPSA) is 72.5 Å². The molecule has 0 amide bonds. The van der Waals surface area contributed by atoms with Gasteiger partial charge in [0.05, 0.1) is 12.3 Å². The van der Waals surface area contributed by atoms with E-state index in [2.05, 4.69) is 0 Å². The van der Waals surface area contributed by atoms with E-state index in [1.165, 1.54) is 0 Å². The predicted octanol–water partition coefficient (Wildman–Crippen LogP) is 2.07. The Morgan fingerprint density at radius 1 is 1.50 bits per heavy atom. The third-order valence-corrected chi connectivity index (χ3v) is 2.16. The van der Waals surface area contributed by atoms with E-state index in [0.717, 1.165) is 12.0 Å². The highest BCUT2D eigenvalue weighted by Gasteiger charge is 2.03. The van der Waals surface area contributed by atoms with Crippen LogP contribution >= 0.6 is 0 Å². The molecule has 0 heterocycles. The van der Waals surface area contributed by atoms with Gasteiger partial charge in [-0.2, -0.15) is 0 Å². The molecule has 0 saturated heterocycles. The number of carbonyl (C=O) groups is 1. The number of nitrogen functional groups attached to an aromatic ring is 1. The fourth-order valence-corrected chi connectivity index (χ4v) is 1.35. The van der Waals surface area contributed by atoms with Gasteiger partial charge in [-0.05, 0) is 30.5 Å². The highest BCUT2D eigenvalue weighted by atomic mass is 16.5. The number of nitrogens with two attached hydrogens (primary N) is 1. The molecule has 1 aromatic carbocycles. The second-order valence-corrected chi connectivity index (χ2v) is 3.61. The summed E-state index contributed by atoms with van der Waals surface area (Å²) in [6, 6.07) is 5.42. The summed E-state index contributed by atoms with van der Waals surface area (Å²) in [5.74, 6) is -0.134. The Morgan fingerprint density at radius 3 is 2.81 bits per heavy atom. The van der Waals surface area contributed by atoms with Crippen molar-refractivity contribution in [1.29, 1.82) is 0 Å². The zero-order valence-electron chi connectivity index (χ0n) is 9.40. The van der Waals surface area contributed by atoms with Gasteiger partial charge in [0, 0.05) is 6.42 Å². The van der Waals surface area contributed by atoms with Gasteiger partial charge < -0.3 is 15.6 Å². The molecule has 16 heavy (non-hydrogen) atoms. The molecule has 4 heteroatoms. The van der Waals surface area contributed by atoms with Crippen LogP contribution in [-0.4, -0.2) is 17.7 Å². The Hall–Kier alpha value is -1.71. The predicted molar refractivity (Wildman–Crippen MR) is 62.6 cm³/mol. The van der Waals surface area contributed by atoms with E-state index >= 15 is 0 Å². The minimum Gasteiger partial charge on any atom is -0.491 e. The monoisotopic (exact) mass is 223 g/mol. The maximum atomic E-state index is 10.4. The van der Waals surface area contributed by atoms with Gasteiger partial charge in [0.25, 0.3) is 0 Å². The molecule has 0 atom stereocenters. The highest BCUT2D eigenvalue weighted by molar-refractivity contribution is 5.67. The molecule has 88 valence electrons. The van der Waals surface area contributed by atoms with Crippen molar-refractivity contribution in [2.24, 2.45) is 0 Å². The molecular weight excluding hydrogens is 206 g/mol. The van der Waals surface area contributed by atoms with Gasteiger partial charge in [0.15, 0.2) is 0 Å². The minimum absolute atomic E-state index is 0.120. The summed E-state index contributed by atoms with van der Waals surface area (Å²) in [7, 11) is 0. The minimum atomic E-state index is -0.801. The van der Waals surface area contributed by atoms with Gasteiger partial charge in [-0.3, -0.25) is 4.79 Å². The highest BCUT2D eigenvalue weighted by Crippen LogP contribution is 2.23. The van der Waals surface area contributed by atoms with Crippen LogP contribution in [0.25, 0.3) is 0 Å². The zero-order chi connectivity index (χ0) is 12.0. The first kappa shape index (κ1) is 12.4. The number of hydrogen-bond acceptors (Lipinski definition) is 3. The van der Waals surface area contributed by atoms with Crippen molar-refractivity contribution in [2.45, 2.75) is 26.2 Å². The summed E-state index contributed by atoms with van der Waals surface area (Å²) in [4.78, 5) is 10.4. The van der Waals surface area contributed by atoms with Crippen molar-refractivity contribution in [3.63, 3.8) is 0 Å². The summed E-state index contributed by atoms with van der Waals surface area (Å²) >= 11 is 0. The van der Waals surface area contributed by atoms with Crippen LogP contribution in [-0.2, 0) is 11.2 Å². The Kier molecular flexibility index (Phi) is 4.64. The van der Waals surface area contributed by atoms with Crippen molar-refractivity contribution < 1.29 is 14.6 Å². The molecule has 0 saturated carbocycles. The second kappa shape index (κ2) is 6.00. The largest absolute Gasteiger partial charge is 0.491 e. The fraction of sp³-hybridized carbons (Fsp3) is 0.417. The molecule has 1 rings (SSSR count). The first-order valence-corrected chi connectivity index (χ1v) is 5.36. The third kappa shape index (κ3) is 3.81. The van der Waals surface area contributed by atoms with Crippen molar-refractivity contribution in [3.05, 3.63) is 23.8 Å². The lowest BCUT2D eigenvalue weighted by molar-refractivity contribution is -0.136. The van der Waals surface area contributed by atoms with Crippen molar-refractivity contribution in [1.82, 2.24) is 0 Å². The summed E-state index contributed by atoms with van der Waals surface area (Å²) in [6.07, 6.45) is 1.54. The second-order valence-electron chi connectivity index (χ2n) is 3.61. The van der Waals surface area contributed by atoms with Gasteiger partial charge in [0.2, 0.25) is 0 Å². The Labute approximate surface area is 95.0 Å².